The standard InChI is InChI=1S/C20H12ClF4N3O4/c1-32-17(29)11-8-26-15(10-6-2-4-9-5-3-7-12(21)13(9)10)14(22)16(11)27-19(31)28-18(30)20(23,24)25/h2-8H,1H3,(H2,26,27,28,30,31). The van der Waals surface area contributed by atoms with E-state index >= 15 is 4.39 Å². The second-order valence-electron chi connectivity index (χ2n) is 6.25. The van der Waals surface area contributed by atoms with Gasteiger partial charge in [-0.05, 0) is 11.5 Å². The van der Waals surface area contributed by atoms with Crippen molar-refractivity contribution in [3.8, 4) is 11.3 Å². The normalized spacial score (nSPS) is 11.2. The third-order valence-electron chi connectivity index (χ3n) is 4.26. The molecule has 0 saturated carbocycles. The molecule has 1 heterocycles. The number of hydrogen-bond donors (Lipinski definition) is 2. The maximum Gasteiger partial charge on any atom is 0.471 e. The Labute approximate surface area is 182 Å². The molecule has 2 N–H and O–H groups in total. The highest BCUT2D eigenvalue weighted by Gasteiger charge is 2.40. The Balaban J connectivity index is 2.14. The highest BCUT2D eigenvalue weighted by atomic mass is 35.5. The summed E-state index contributed by atoms with van der Waals surface area (Å²) in [5, 5.41) is 4.07. The molecule has 0 fully saturated rings. The van der Waals surface area contributed by atoms with Gasteiger partial charge in [-0.3, -0.25) is 15.1 Å². The zero-order chi connectivity index (χ0) is 23.6. The minimum atomic E-state index is -5.36. The highest BCUT2D eigenvalue weighted by molar-refractivity contribution is 6.36. The molecule has 0 spiro atoms. The van der Waals surface area contributed by atoms with Crippen molar-refractivity contribution in [2.75, 3.05) is 12.4 Å². The quantitative estimate of drug-likeness (QED) is 0.428. The summed E-state index contributed by atoms with van der Waals surface area (Å²) in [6.45, 7) is 0. The fourth-order valence-corrected chi connectivity index (χ4v) is 3.16. The van der Waals surface area contributed by atoms with E-state index in [1.165, 1.54) is 6.07 Å². The Bertz CT molecular complexity index is 1240. The number of alkyl halides is 3. The number of benzene rings is 2. The number of amides is 3. The molecule has 32 heavy (non-hydrogen) atoms. The number of halogens is 5. The predicted octanol–water partition coefficient (Wildman–Crippen LogP) is 4.69. The van der Waals surface area contributed by atoms with Gasteiger partial charge in [0.05, 0.1) is 12.8 Å². The van der Waals surface area contributed by atoms with Crippen molar-refractivity contribution in [1.82, 2.24) is 10.3 Å². The highest BCUT2D eigenvalue weighted by Crippen LogP contribution is 2.36. The van der Waals surface area contributed by atoms with Gasteiger partial charge in [0.15, 0.2) is 5.82 Å². The number of esters is 1. The summed E-state index contributed by atoms with van der Waals surface area (Å²) in [4.78, 5) is 38.8. The first-order valence-electron chi connectivity index (χ1n) is 8.68. The summed E-state index contributed by atoms with van der Waals surface area (Å²) in [7, 11) is 0.968. The van der Waals surface area contributed by atoms with E-state index in [-0.39, 0.29) is 16.3 Å². The van der Waals surface area contributed by atoms with Crippen molar-refractivity contribution in [3.63, 3.8) is 0 Å². The lowest BCUT2D eigenvalue weighted by atomic mass is 10.0. The fraction of sp³-hybridized carbons (Fsp3) is 0.100. The van der Waals surface area contributed by atoms with Crippen LogP contribution in [-0.4, -0.2) is 36.2 Å². The van der Waals surface area contributed by atoms with Gasteiger partial charge >= 0.3 is 24.1 Å². The molecule has 7 nitrogen and oxygen atoms in total. The van der Waals surface area contributed by atoms with Crippen LogP contribution in [0.5, 0.6) is 0 Å². The number of anilines is 1. The maximum atomic E-state index is 15.4. The molecule has 0 atom stereocenters. The molecular weight excluding hydrogens is 458 g/mol. The minimum absolute atomic E-state index is 0.192. The molecule has 0 aliphatic rings. The molecule has 0 saturated heterocycles. The first-order valence-corrected chi connectivity index (χ1v) is 9.06. The summed E-state index contributed by atoms with van der Waals surface area (Å²) in [6.07, 6.45) is -4.48. The Morgan fingerprint density at radius 2 is 1.75 bits per heavy atom. The number of pyridine rings is 1. The number of hydrogen-bond acceptors (Lipinski definition) is 5. The fourth-order valence-electron chi connectivity index (χ4n) is 2.87. The van der Waals surface area contributed by atoms with Crippen molar-refractivity contribution < 1.29 is 36.7 Å². The van der Waals surface area contributed by atoms with Gasteiger partial charge in [0.25, 0.3) is 0 Å². The lowest BCUT2D eigenvalue weighted by molar-refractivity contribution is -0.172. The van der Waals surface area contributed by atoms with E-state index in [9.17, 15) is 27.6 Å². The average molecular weight is 470 g/mol. The summed E-state index contributed by atoms with van der Waals surface area (Å²) in [5.74, 6) is -4.96. The van der Waals surface area contributed by atoms with Crippen molar-refractivity contribution in [1.29, 1.82) is 0 Å². The number of imide groups is 1. The summed E-state index contributed by atoms with van der Waals surface area (Å²) in [6, 6.07) is 8.00. The van der Waals surface area contributed by atoms with Gasteiger partial charge in [0.1, 0.15) is 11.3 Å². The van der Waals surface area contributed by atoms with Gasteiger partial charge in [0.2, 0.25) is 0 Å². The first kappa shape index (κ1) is 22.9. The van der Waals surface area contributed by atoms with Crippen molar-refractivity contribution >= 4 is 46.0 Å². The topological polar surface area (TPSA) is 97.4 Å². The molecule has 0 aliphatic heterocycles. The van der Waals surface area contributed by atoms with Crippen LogP contribution in [0.4, 0.5) is 28.0 Å². The Morgan fingerprint density at radius 3 is 2.38 bits per heavy atom. The number of methoxy groups -OCH3 is 1. The van der Waals surface area contributed by atoms with Crippen LogP contribution in [0.1, 0.15) is 10.4 Å². The number of carbonyl (C=O) groups excluding carboxylic acids is 3. The molecule has 2 aromatic carbocycles. The molecule has 1 aromatic heterocycles. The number of urea groups is 1. The number of ether oxygens (including phenoxy) is 1. The van der Waals surface area contributed by atoms with Crippen LogP contribution >= 0.6 is 11.6 Å². The van der Waals surface area contributed by atoms with E-state index < -0.39 is 41.2 Å². The van der Waals surface area contributed by atoms with Crippen LogP contribution in [0.25, 0.3) is 22.0 Å². The van der Waals surface area contributed by atoms with E-state index in [0.29, 0.717) is 10.8 Å². The molecule has 0 aliphatic carbocycles. The number of nitrogens with one attached hydrogen (secondary N) is 2. The van der Waals surface area contributed by atoms with Gasteiger partial charge in [-0.15, -0.1) is 0 Å². The third-order valence-corrected chi connectivity index (χ3v) is 4.57. The smallest absolute Gasteiger partial charge is 0.465 e. The first-order chi connectivity index (χ1) is 15.0. The van der Waals surface area contributed by atoms with Crippen LogP contribution in [0.15, 0.2) is 42.6 Å². The van der Waals surface area contributed by atoms with Crippen LogP contribution in [0.2, 0.25) is 5.02 Å². The zero-order valence-corrected chi connectivity index (χ0v) is 16.8. The summed E-state index contributed by atoms with van der Waals surface area (Å²) < 4.78 is 57.1. The maximum absolute atomic E-state index is 15.4. The molecule has 3 aromatic rings. The number of aromatic nitrogens is 1. The van der Waals surface area contributed by atoms with Crippen LogP contribution in [-0.2, 0) is 9.53 Å². The van der Waals surface area contributed by atoms with E-state index in [2.05, 4.69) is 9.72 Å². The second-order valence-corrected chi connectivity index (χ2v) is 6.66. The van der Waals surface area contributed by atoms with Crippen LogP contribution in [0.3, 0.4) is 0 Å². The molecule has 0 radical (unpaired) electrons. The molecule has 0 bridgehead atoms. The van der Waals surface area contributed by atoms with E-state index in [0.717, 1.165) is 18.6 Å². The molecule has 166 valence electrons. The minimum Gasteiger partial charge on any atom is -0.465 e. The van der Waals surface area contributed by atoms with Crippen LogP contribution in [0, 0.1) is 5.82 Å². The van der Waals surface area contributed by atoms with Gasteiger partial charge in [-0.1, -0.05) is 41.9 Å². The lowest BCUT2D eigenvalue weighted by Gasteiger charge is -2.15. The summed E-state index contributed by atoms with van der Waals surface area (Å²) >= 11 is 6.24. The van der Waals surface area contributed by atoms with E-state index in [1.54, 1.807) is 35.6 Å². The number of rotatable bonds is 3. The Hall–Kier alpha value is -3.73. The largest absolute Gasteiger partial charge is 0.471 e. The van der Waals surface area contributed by atoms with E-state index in [1.807, 2.05) is 0 Å². The predicted molar refractivity (Wildman–Crippen MR) is 107 cm³/mol. The van der Waals surface area contributed by atoms with Gasteiger partial charge in [-0.2, -0.15) is 13.2 Å². The molecule has 12 heteroatoms. The number of carbonyl (C=O) groups is 3. The Kier molecular flexibility index (Phi) is 6.30. The number of nitrogens with zero attached hydrogens (tertiary/aromatic N) is 1. The zero-order valence-electron chi connectivity index (χ0n) is 16.0. The monoisotopic (exact) mass is 469 g/mol. The number of fused-ring (bicyclic) bond motifs is 1. The molecule has 3 amide bonds. The SMILES string of the molecule is COC(=O)c1cnc(-c2cccc3cccc(Cl)c23)c(F)c1NC(=O)NC(=O)C(F)(F)F. The van der Waals surface area contributed by atoms with Crippen molar-refractivity contribution in [2.45, 2.75) is 6.18 Å². The molecule has 0 unspecified atom stereocenters. The van der Waals surface area contributed by atoms with Gasteiger partial charge < -0.3 is 10.1 Å². The van der Waals surface area contributed by atoms with Gasteiger partial charge in [0, 0.05) is 22.2 Å². The molecule has 3 rings (SSSR count). The molecular formula is C20H12ClF4N3O4. The second kappa shape index (κ2) is 8.79. The average Bonchev–Trinajstić information content (AvgIpc) is 2.73. The summed E-state index contributed by atoms with van der Waals surface area (Å²) in [5.41, 5.74) is -1.58. The lowest BCUT2D eigenvalue weighted by Crippen LogP contribution is -2.43. The Morgan fingerprint density at radius 1 is 1.09 bits per heavy atom. The van der Waals surface area contributed by atoms with Crippen LogP contribution < -0.4 is 10.6 Å². The van der Waals surface area contributed by atoms with Crippen molar-refractivity contribution in [2.24, 2.45) is 0 Å². The van der Waals surface area contributed by atoms with Gasteiger partial charge in [-0.25, -0.2) is 14.0 Å². The third kappa shape index (κ3) is 4.47. The van der Waals surface area contributed by atoms with E-state index in [4.69, 9.17) is 11.6 Å². The van der Waals surface area contributed by atoms with Crippen molar-refractivity contribution in [3.05, 3.63) is 59.0 Å².